The predicted octanol–water partition coefficient (Wildman–Crippen LogP) is 2.67. The molecule has 1 aliphatic heterocycles. The fraction of sp³-hybridized carbons (Fsp3) is 0.133. The molecule has 2 aromatic heterocycles. The van der Waals surface area contributed by atoms with Crippen LogP contribution in [0.25, 0.3) is 16.2 Å². The first kappa shape index (κ1) is 13.4. The molecular weight excluding hydrogens is 316 g/mol. The zero-order valence-corrected chi connectivity index (χ0v) is 13.3. The fourth-order valence-electron chi connectivity index (χ4n) is 2.50. The minimum absolute atomic E-state index is 0.0275. The summed E-state index contributed by atoms with van der Waals surface area (Å²) in [5.41, 5.74) is 2.70. The molecule has 5 nitrogen and oxygen atoms in total. The maximum Gasteiger partial charge on any atom is 0.255 e. The van der Waals surface area contributed by atoms with Gasteiger partial charge in [0.15, 0.2) is 10.1 Å². The highest BCUT2D eigenvalue weighted by atomic mass is 32.1. The molecule has 0 bridgehead atoms. The first-order valence-electron chi connectivity index (χ1n) is 6.80. The van der Waals surface area contributed by atoms with Crippen molar-refractivity contribution in [3.05, 3.63) is 42.0 Å². The summed E-state index contributed by atoms with van der Waals surface area (Å²) >= 11 is 6.82. The topological polar surface area (TPSA) is 49.6 Å². The Kier molecular flexibility index (Phi) is 2.98. The lowest BCUT2D eigenvalue weighted by Crippen LogP contribution is -2.30. The Labute approximate surface area is 136 Å². The van der Waals surface area contributed by atoms with E-state index in [4.69, 9.17) is 12.2 Å². The molecule has 22 heavy (non-hydrogen) atoms. The van der Waals surface area contributed by atoms with Gasteiger partial charge in [-0.15, -0.1) is 11.3 Å². The van der Waals surface area contributed by atoms with Crippen LogP contribution in [0.2, 0.25) is 0 Å². The molecule has 0 spiro atoms. The van der Waals surface area contributed by atoms with Crippen LogP contribution in [0.15, 0.2) is 42.0 Å². The van der Waals surface area contributed by atoms with E-state index < -0.39 is 0 Å². The van der Waals surface area contributed by atoms with Gasteiger partial charge in [-0.1, -0.05) is 12.1 Å². The Morgan fingerprint density at radius 1 is 1.32 bits per heavy atom. The number of carbonyl (C=O) groups is 1. The number of imidazole rings is 1. The number of carbonyl (C=O) groups excluding carboxylic acids is 1. The second-order valence-electron chi connectivity index (χ2n) is 5.11. The van der Waals surface area contributed by atoms with Gasteiger partial charge in [0.05, 0.1) is 11.4 Å². The Hall–Kier alpha value is -2.25. The summed E-state index contributed by atoms with van der Waals surface area (Å²) < 4.78 is 2.00. The van der Waals surface area contributed by atoms with E-state index in [1.165, 1.54) is 4.90 Å². The van der Waals surface area contributed by atoms with Gasteiger partial charge in [-0.3, -0.25) is 14.1 Å². The number of hydrogen-bond acceptors (Lipinski definition) is 4. The van der Waals surface area contributed by atoms with Crippen LogP contribution in [-0.4, -0.2) is 26.4 Å². The molecule has 1 aromatic carbocycles. The Balaban J connectivity index is 1.67. The van der Waals surface area contributed by atoms with E-state index in [0.717, 1.165) is 21.9 Å². The number of fused-ring (bicyclic) bond motifs is 1. The Morgan fingerprint density at radius 2 is 2.09 bits per heavy atom. The summed E-state index contributed by atoms with van der Waals surface area (Å²) in [4.78, 5) is 19.2. The third kappa shape index (κ3) is 2.01. The van der Waals surface area contributed by atoms with Gasteiger partial charge in [0.2, 0.25) is 0 Å². The Bertz CT molecular complexity index is 852. The SMILES string of the molecule is C[C@@H]1NC(=S)N(c2ccc(-c3cn4ccsc4n3)cc2)C1=O. The summed E-state index contributed by atoms with van der Waals surface area (Å²) in [6.45, 7) is 1.81. The van der Waals surface area contributed by atoms with E-state index in [1.54, 1.807) is 18.3 Å². The largest absolute Gasteiger partial charge is 0.350 e. The third-order valence-corrected chi connectivity index (χ3v) is 4.72. The zero-order chi connectivity index (χ0) is 15.3. The van der Waals surface area contributed by atoms with Crippen LogP contribution in [0.4, 0.5) is 5.69 Å². The predicted molar refractivity (Wildman–Crippen MR) is 91.2 cm³/mol. The van der Waals surface area contributed by atoms with Crippen molar-refractivity contribution in [2.75, 3.05) is 4.90 Å². The number of anilines is 1. The second-order valence-corrected chi connectivity index (χ2v) is 6.37. The Morgan fingerprint density at radius 3 is 2.73 bits per heavy atom. The number of thiazole rings is 1. The highest BCUT2D eigenvalue weighted by molar-refractivity contribution is 7.80. The van der Waals surface area contributed by atoms with Gasteiger partial charge in [0.1, 0.15) is 6.04 Å². The molecule has 0 aliphatic carbocycles. The number of rotatable bonds is 2. The first-order valence-corrected chi connectivity index (χ1v) is 8.09. The van der Waals surface area contributed by atoms with Gasteiger partial charge in [0, 0.05) is 23.3 Å². The van der Waals surface area contributed by atoms with Gasteiger partial charge in [-0.2, -0.15) is 0 Å². The summed E-state index contributed by atoms with van der Waals surface area (Å²) in [7, 11) is 0. The third-order valence-electron chi connectivity index (χ3n) is 3.65. The number of nitrogens with one attached hydrogen (secondary N) is 1. The van der Waals surface area contributed by atoms with Crippen molar-refractivity contribution in [2.45, 2.75) is 13.0 Å². The zero-order valence-electron chi connectivity index (χ0n) is 11.7. The van der Waals surface area contributed by atoms with E-state index in [-0.39, 0.29) is 11.9 Å². The molecule has 1 amide bonds. The summed E-state index contributed by atoms with van der Waals surface area (Å²) in [5.74, 6) is -0.0275. The van der Waals surface area contributed by atoms with Crippen LogP contribution >= 0.6 is 23.6 Å². The standard InChI is InChI=1S/C15H12N4OS2/c1-9-13(20)19(14(21)16-9)11-4-2-10(3-5-11)12-8-18-6-7-22-15(18)17-12/h2-9H,1H3,(H,16,21)/t9-/m0/s1. The number of aromatic nitrogens is 2. The summed E-state index contributed by atoms with van der Waals surface area (Å²) in [6, 6.07) is 7.44. The monoisotopic (exact) mass is 328 g/mol. The van der Waals surface area contributed by atoms with E-state index in [1.807, 2.05) is 46.4 Å². The van der Waals surface area contributed by atoms with Gasteiger partial charge in [-0.05, 0) is 31.3 Å². The molecule has 0 unspecified atom stereocenters. The van der Waals surface area contributed by atoms with E-state index >= 15 is 0 Å². The quantitative estimate of drug-likeness (QED) is 0.735. The van der Waals surface area contributed by atoms with Crippen LogP contribution in [0.3, 0.4) is 0 Å². The van der Waals surface area contributed by atoms with Crippen LogP contribution in [0.1, 0.15) is 6.92 Å². The molecule has 3 heterocycles. The molecule has 3 aromatic rings. The van der Waals surface area contributed by atoms with Crippen LogP contribution in [0, 0.1) is 0 Å². The lowest BCUT2D eigenvalue weighted by atomic mass is 10.1. The maximum absolute atomic E-state index is 12.1. The smallest absolute Gasteiger partial charge is 0.255 e. The minimum Gasteiger partial charge on any atom is -0.350 e. The van der Waals surface area contributed by atoms with Gasteiger partial charge >= 0.3 is 0 Å². The van der Waals surface area contributed by atoms with E-state index in [9.17, 15) is 4.79 Å². The van der Waals surface area contributed by atoms with E-state index in [2.05, 4.69) is 10.3 Å². The summed E-state index contributed by atoms with van der Waals surface area (Å²) in [6.07, 6.45) is 3.98. The molecule has 110 valence electrons. The van der Waals surface area contributed by atoms with Crippen LogP contribution < -0.4 is 10.2 Å². The van der Waals surface area contributed by atoms with Crippen molar-refractivity contribution in [3.8, 4) is 11.3 Å². The molecule has 1 saturated heterocycles. The van der Waals surface area contributed by atoms with Crippen molar-refractivity contribution in [3.63, 3.8) is 0 Å². The molecule has 1 aliphatic rings. The van der Waals surface area contributed by atoms with Crippen LogP contribution in [-0.2, 0) is 4.79 Å². The molecule has 1 fully saturated rings. The average molecular weight is 328 g/mol. The molecule has 4 rings (SSSR count). The molecule has 7 heteroatoms. The fourth-order valence-corrected chi connectivity index (χ4v) is 3.57. The van der Waals surface area contributed by atoms with Crippen molar-refractivity contribution >= 4 is 45.2 Å². The number of thiocarbonyl (C=S) groups is 1. The molecule has 1 N–H and O–H groups in total. The van der Waals surface area contributed by atoms with Gasteiger partial charge in [0.25, 0.3) is 5.91 Å². The normalized spacial score (nSPS) is 18.2. The van der Waals surface area contributed by atoms with Crippen molar-refractivity contribution in [1.82, 2.24) is 14.7 Å². The molecular formula is C15H12N4OS2. The second kappa shape index (κ2) is 4.89. The number of benzene rings is 1. The molecule has 1 atom stereocenters. The van der Waals surface area contributed by atoms with E-state index in [0.29, 0.717) is 5.11 Å². The lowest BCUT2D eigenvalue weighted by Gasteiger charge is -2.14. The highest BCUT2D eigenvalue weighted by Gasteiger charge is 2.33. The summed E-state index contributed by atoms with van der Waals surface area (Å²) in [5, 5.41) is 5.42. The van der Waals surface area contributed by atoms with Crippen molar-refractivity contribution < 1.29 is 4.79 Å². The van der Waals surface area contributed by atoms with Crippen LogP contribution in [0.5, 0.6) is 0 Å². The van der Waals surface area contributed by atoms with Crippen molar-refractivity contribution in [2.24, 2.45) is 0 Å². The molecule has 0 saturated carbocycles. The number of amides is 1. The van der Waals surface area contributed by atoms with Gasteiger partial charge in [-0.25, -0.2) is 4.98 Å². The average Bonchev–Trinajstić information content (AvgIpc) is 3.14. The maximum atomic E-state index is 12.1. The van der Waals surface area contributed by atoms with Crippen molar-refractivity contribution in [1.29, 1.82) is 0 Å². The first-order chi connectivity index (χ1) is 10.6. The lowest BCUT2D eigenvalue weighted by molar-refractivity contribution is -0.117. The number of hydrogen-bond donors (Lipinski definition) is 1. The highest BCUT2D eigenvalue weighted by Crippen LogP contribution is 2.26. The van der Waals surface area contributed by atoms with Gasteiger partial charge < -0.3 is 5.32 Å². The number of nitrogens with zero attached hydrogens (tertiary/aromatic N) is 3. The minimum atomic E-state index is -0.271. The molecule has 0 radical (unpaired) electrons.